The number of ether oxygens (including phenoxy) is 1. The van der Waals surface area contributed by atoms with E-state index in [0.717, 1.165) is 18.4 Å². The number of benzene rings is 1. The Morgan fingerprint density at radius 3 is 2.72 bits per heavy atom. The number of nitrogens with one attached hydrogen (secondary N) is 2. The van der Waals surface area contributed by atoms with E-state index in [4.69, 9.17) is 4.74 Å². The number of carbonyl (C=O) groups is 3. The van der Waals surface area contributed by atoms with Crippen LogP contribution in [0.2, 0.25) is 0 Å². The molecule has 0 aliphatic carbocycles. The third-order valence-corrected chi connectivity index (χ3v) is 4.71. The van der Waals surface area contributed by atoms with Crippen LogP contribution in [0.5, 0.6) is 0 Å². The Bertz CT molecular complexity index is 649. The molecule has 7 heteroatoms. The lowest BCUT2D eigenvalue weighted by Crippen LogP contribution is -2.49. The van der Waals surface area contributed by atoms with Gasteiger partial charge in [0.25, 0.3) is 11.8 Å². The highest BCUT2D eigenvalue weighted by atomic mass is 16.5. The number of rotatable bonds is 5. The van der Waals surface area contributed by atoms with Gasteiger partial charge in [0.1, 0.15) is 6.04 Å². The molecular formula is C18H23N3O4. The summed E-state index contributed by atoms with van der Waals surface area (Å²) in [7, 11) is 0. The van der Waals surface area contributed by atoms with Crippen molar-refractivity contribution < 1.29 is 19.1 Å². The van der Waals surface area contributed by atoms with Gasteiger partial charge in [-0.05, 0) is 25.3 Å². The quantitative estimate of drug-likeness (QED) is 0.785. The van der Waals surface area contributed by atoms with E-state index in [2.05, 4.69) is 10.6 Å². The minimum absolute atomic E-state index is 0.0813. The van der Waals surface area contributed by atoms with Gasteiger partial charge in [-0.3, -0.25) is 14.9 Å². The third-order valence-electron chi connectivity index (χ3n) is 4.71. The standard InChI is InChI=1S/C18H23N3O4/c1-2-25-15(12-7-4-3-5-8-12)17(23)21-10-6-9-13(11-21)14-16(22)20-18(24)19-14/h3-5,7-8,13-15H,2,6,9-11H2,1H3,(H2,19,20,22,24). The predicted octanol–water partition coefficient (Wildman–Crippen LogP) is 1.21. The van der Waals surface area contributed by atoms with Crippen LogP contribution in [0.4, 0.5) is 4.79 Å². The summed E-state index contributed by atoms with van der Waals surface area (Å²) >= 11 is 0. The van der Waals surface area contributed by atoms with Crippen LogP contribution in [0.1, 0.15) is 31.4 Å². The maximum Gasteiger partial charge on any atom is 0.322 e. The summed E-state index contributed by atoms with van der Waals surface area (Å²) in [6.45, 7) is 3.37. The molecule has 4 amide bonds. The first-order chi connectivity index (χ1) is 12.1. The average molecular weight is 345 g/mol. The second kappa shape index (κ2) is 7.65. The Morgan fingerprint density at radius 1 is 1.32 bits per heavy atom. The Hall–Kier alpha value is -2.41. The summed E-state index contributed by atoms with van der Waals surface area (Å²) in [5, 5.41) is 4.91. The van der Waals surface area contributed by atoms with E-state index in [9.17, 15) is 14.4 Å². The van der Waals surface area contributed by atoms with Gasteiger partial charge in [-0.25, -0.2) is 4.79 Å². The fraction of sp³-hybridized carbons (Fsp3) is 0.500. The first-order valence-corrected chi connectivity index (χ1v) is 8.67. The first kappa shape index (κ1) is 17.4. The maximum atomic E-state index is 13.0. The first-order valence-electron chi connectivity index (χ1n) is 8.67. The molecule has 1 aromatic carbocycles. The zero-order chi connectivity index (χ0) is 17.8. The van der Waals surface area contributed by atoms with Gasteiger partial charge in [0.05, 0.1) is 0 Å². The lowest BCUT2D eigenvalue weighted by molar-refractivity contribution is -0.146. The number of imide groups is 1. The zero-order valence-electron chi connectivity index (χ0n) is 14.2. The highest BCUT2D eigenvalue weighted by molar-refractivity contribution is 6.04. The number of hydrogen-bond acceptors (Lipinski definition) is 4. The molecule has 7 nitrogen and oxygen atoms in total. The van der Waals surface area contributed by atoms with Crippen molar-refractivity contribution in [3.63, 3.8) is 0 Å². The predicted molar refractivity (Wildman–Crippen MR) is 90.6 cm³/mol. The highest BCUT2D eigenvalue weighted by Crippen LogP contribution is 2.26. The van der Waals surface area contributed by atoms with Gasteiger partial charge in [-0.1, -0.05) is 30.3 Å². The molecule has 2 aliphatic rings. The van der Waals surface area contributed by atoms with Gasteiger partial charge in [0.2, 0.25) is 0 Å². The minimum atomic E-state index is -0.642. The van der Waals surface area contributed by atoms with Crippen LogP contribution in [0.3, 0.4) is 0 Å². The Kier molecular flexibility index (Phi) is 5.33. The van der Waals surface area contributed by atoms with Gasteiger partial charge in [0, 0.05) is 25.6 Å². The van der Waals surface area contributed by atoms with Crippen molar-refractivity contribution in [3.8, 4) is 0 Å². The zero-order valence-corrected chi connectivity index (χ0v) is 14.2. The van der Waals surface area contributed by atoms with Crippen molar-refractivity contribution >= 4 is 17.8 Å². The van der Waals surface area contributed by atoms with Gasteiger partial charge in [-0.15, -0.1) is 0 Å². The Labute approximate surface area is 146 Å². The van der Waals surface area contributed by atoms with Crippen LogP contribution < -0.4 is 10.6 Å². The lowest BCUT2D eigenvalue weighted by Gasteiger charge is -2.36. The van der Waals surface area contributed by atoms with E-state index < -0.39 is 18.2 Å². The third kappa shape index (κ3) is 3.82. The SMILES string of the molecule is CCOC(C(=O)N1CCCC(C2NC(=O)NC2=O)C1)c1ccccc1. The number of piperidine rings is 1. The lowest BCUT2D eigenvalue weighted by atomic mass is 9.90. The molecule has 2 saturated heterocycles. The largest absolute Gasteiger partial charge is 0.364 e. The molecular weight excluding hydrogens is 322 g/mol. The average Bonchev–Trinajstić information content (AvgIpc) is 2.98. The molecule has 3 unspecified atom stereocenters. The molecule has 2 N–H and O–H groups in total. The van der Waals surface area contributed by atoms with Crippen molar-refractivity contribution in [1.29, 1.82) is 0 Å². The topological polar surface area (TPSA) is 87.7 Å². The molecule has 0 radical (unpaired) electrons. The summed E-state index contributed by atoms with van der Waals surface area (Å²) in [5.74, 6) is -0.488. The minimum Gasteiger partial charge on any atom is -0.364 e. The molecule has 0 aromatic heterocycles. The number of nitrogens with zero attached hydrogens (tertiary/aromatic N) is 1. The normalized spacial score (nSPS) is 24.6. The monoisotopic (exact) mass is 345 g/mol. The van der Waals surface area contributed by atoms with Crippen molar-refractivity contribution in [3.05, 3.63) is 35.9 Å². The van der Waals surface area contributed by atoms with Crippen LogP contribution in [0.25, 0.3) is 0 Å². The number of amides is 4. The fourth-order valence-corrected chi connectivity index (χ4v) is 3.52. The highest BCUT2D eigenvalue weighted by Gasteiger charge is 2.40. The van der Waals surface area contributed by atoms with Crippen LogP contribution in [-0.4, -0.2) is 48.5 Å². The van der Waals surface area contributed by atoms with Gasteiger partial charge in [0.15, 0.2) is 6.10 Å². The van der Waals surface area contributed by atoms with Crippen LogP contribution in [-0.2, 0) is 14.3 Å². The Balaban J connectivity index is 1.72. The molecule has 3 atom stereocenters. The number of likely N-dealkylation sites (tertiary alicyclic amines) is 1. The van der Waals surface area contributed by atoms with Gasteiger partial charge >= 0.3 is 6.03 Å². The van der Waals surface area contributed by atoms with Crippen molar-refractivity contribution in [2.24, 2.45) is 5.92 Å². The van der Waals surface area contributed by atoms with E-state index in [-0.39, 0.29) is 17.7 Å². The summed E-state index contributed by atoms with van der Waals surface area (Å²) in [6, 6.07) is 8.39. The molecule has 134 valence electrons. The molecule has 2 heterocycles. The van der Waals surface area contributed by atoms with E-state index >= 15 is 0 Å². The maximum absolute atomic E-state index is 13.0. The fourth-order valence-electron chi connectivity index (χ4n) is 3.52. The van der Waals surface area contributed by atoms with E-state index in [0.29, 0.717) is 19.7 Å². The molecule has 1 aromatic rings. The Morgan fingerprint density at radius 2 is 2.08 bits per heavy atom. The van der Waals surface area contributed by atoms with Crippen molar-refractivity contribution in [2.75, 3.05) is 19.7 Å². The van der Waals surface area contributed by atoms with Crippen LogP contribution in [0.15, 0.2) is 30.3 Å². The molecule has 0 spiro atoms. The second-order valence-corrected chi connectivity index (χ2v) is 6.37. The second-order valence-electron chi connectivity index (χ2n) is 6.37. The van der Waals surface area contributed by atoms with E-state index in [1.165, 1.54) is 0 Å². The molecule has 0 bridgehead atoms. The van der Waals surface area contributed by atoms with Crippen molar-refractivity contribution in [2.45, 2.75) is 31.9 Å². The summed E-state index contributed by atoms with van der Waals surface area (Å²) in [5.41, 5.74) is 0.823. The molecule has 0 saturated carbocycles. The number of urea groups is 1. The number of hydrogen-bond donors (Lipinski definition) is 2. The molecule has 3 rings (SSSR count). The van der Waals surface area contributed by atoms with Crippen molar-refractivity contribution in [1.82, 2.24) is 15.5 Å². The smallest absolute Gasteiger partial charge is 0.322 e. The number of carbonyl (C=O) groups excluding carboxylic acids is 3. The molecule has 25 heavy (non-hydrogen) atoms. The van der Waals surface area contributed by atoms with E-state index in [1.54, 1.807) is 4.90 Å². The molecule has 2 fully saturated rings. The van der Waals surface area contributed by atoms with Gasteiger partial charge in [-0.2, -0.15) is 0 Å². The summed E-state index contributed by atoms with van der Waals surface area (Å²) < 4.78 is 5.70. The van der Waals surface area contributed by atoms with Crippen LogP contribution in [0, 0.1) is 5.92 Å². The van der Waals surface area contributed by atoms with Crippen LogP contribution >= 0.6 is 0 Å². The summed E-state index contributed by atoms with van der Waals surface area (Å²) in [6.07, 6.45) is 0.952. The molecule has 2 aliphatic heterocycles. The van der Waals surface area contributed by atoms with E-state index in [1.807, 2.05) is 37.3 Å². The summed E-state index contributed by atoms with van der Waals surface area (Å²) in [4.78, 5) is 38.0. The van der Waals surface area contributed by atoms with Gasteiger partial charge < -0.3 is 15.0 Å².